The molecule has 0 aliphatic carbocycles. The number of benzene rings is 3. The lowest BCUT2D eigenvalue weighted by molar-refractivity contribution is -0.140. The molecule has 0 aliphatic rings. The van der Waals surface area contributed by atoms with Gasteiger partial charge in [0.25, 0.3) is 0 Å². The number of carbonyl (C=O) groups excluding carboxylic acids is 2. The molecular formula is C30H35Cl2FN4O4S. The van der Waals surface area contributed by atoms with Gasteiger partial charge in [0.05, 0.1) is 15.7 Å². The van der Waals surface area contributed by atoms with Crippen molar-refractivity contribution in [2.75, 3.05) is 24.9 Å². The second-order valence-corrected chi connectivity index (χ2v) is 12.9. The van der Waals surface area contributed by atoms with Gasteiger partial charge in [-0.3, -0.25) is 9.59 Å². The fourth-order valence-corrected chi connectivity index (χ4v) is 5.53. The summed E-state index contributed by atoms with van der Waals surface area (Å²) in [6.45, 7) is 3.10. The quantitative estimate of drug-likeness (QED) is 0.276. The topological polar surface area (TPSA) is 90.0 Å². The van der Waals surface area contributed by atoms with Crippen LogP contribution in [0.1, 0.15) is 31.4 Å². The number of nitrogens with one attached hydrogen (secondary N) is 1. The van der Waals surface area contributed by atoms with Gasteiger partial charge in [0.2, 0.25) is 11.8 Å². The van der Waals surface area contributed by atoms with E-state index >= 15 is 0 Å². The van der Waals surface area contributed by atoms with Gasteiger partial charge < -0.3 is 10.2 Å². The van der Waals surface area contributed by atoms with E-state index in [1.54, 1.807) is 18.2 Å². The Labute approximate surface area is 257 Å². The molecule has 0 radical (unpaired) electrons. The minimum Gasteiger partial charge on any atom is -0.352 e. The lowest BCUT2D eigenvalue weighted by Gasteiger charge is -2.35. The Balaban J connectivity index is 2.11. The number of rotatable bonds is 13. The van der Waals surface area contributed by atoms with Crippen LogP contribution in [0.2, 0.25) is 10.0 Å². The molecule has 12 heteroatoms. The zero-order valence-corrected chi connectivity index (χ0v) is 26.3. The largest absolute Gasteiger partial charge is 0.352 e. The monoisotopic (exact) mass is 636 g/mol. The average Bonchev–Trinajstić information content (AvgIpc) is 2.96. The van der Waals surface area contributed by atoms with Crippen LogP contribution in [0.5, 0.6) is 0 Å². The number of hydrogen-bond acceptors (Lipinski definition) is 4. The van der Waals surface area contributed by atoms with Crippen LogP contribution in [-0.4, -0.2) is 62.2 Å². The first-order chi connectivity index (χ1) is 19.8. The predicted molar refractivity (Wildman–Crippen MR) is 165 cm³/mol. The van der Waals surface area contributed by atoms with Gasteiger partial charge in [-0.05, 0) is 60.9 Å². The zero-order valence-electron chi connectivity index (χ0n) is 23.9. The van der Waals surface area contributed by atoms with E-state index in [0.29, 0.717) is 17.0 Å². The highest BCUT2D eigenvalue weighted by Crippen LogP contribution is 2.26. The van der Waals surface area contributed by atoms with Crippen LogP contribution in [0.25, 0.3) is 0 Å². The highest BCUT2D eigenvalue weighted by molar-refractivity contribution is 7.90. The number of halogens is 3. The molecule has 2 amide bonds. The second-order valence-electron chi connectivity index (χ2n) is 10.1. The molecule has 0 unspecified atom stereocenters. The van der Waals surface area contributed by atoms with Gasteiger partial charge in [0.1, 0.15) is 18.4 Å². The van der Waals surface area contributed by atoms with Gasteiger partial charge in [-0.2, -0.15) is 12.7 Å². The van der Waals surface area contributed by atoms with Crippen molar-refractivity contribution in [2.24, 2.45) is 0 Å². The zero-order chi connectivity index (χ0) is 31.0. The van der Waals surface area contributed by atoms with Crippen LogP contribution in [-0.2, 0) is 32.8 Å². The van der Waals surface area contributed by atoms with Crippen LogP contribution in [0.3, 0.4) is 0 Å². The normalized spacial score (nSPS) is 13.0. The van der Waals surface area contributed by atoms with Gasteiger partial charge in [0, 0.05) is 33.1 Å². The Morgan fingerprint density at radius 3 is 2.14 bits per heavy atom. The summed E-state index contributed by atoms with van der Waals surface area (Å²) in [6.07, 6.45) is 0.844. The Morgan fingerprint density at radius 1 is 0.929 bits per heavy atom. The molecule has 0 spiro atoms. The van der Waals surface area contributed by atoms with E-state index in [4.69, 9.17) is 23.2 Å². The minimum absolute atomic E-state index is 0.0551. The van der Waals surface area contributed by atoms with Crippen molar-refractivity contribution in [3.8, 4) is 0 Å². The number of nitrogens with zero attached hydrogens (tertiary/aromatic N) is 3. The third kappa shape index (κ3) is 8.67. The summed E-state index contributed by atoms with van der Waals surface area (Å²) < 4.78 is 42.3. The number of amides is 2. The fraction of sp³-hybridized carbons (Fsp3) is 0.333. The Bertz CT molecular complexity index is 1470. The smallest absolute Gasteiger partial charge is 0.304 e. The summed E-state index contributed by atoms with van der Waals surface area (Å²) in [5.74, 6) is -1.58. The Kier molecular flexibility index (Phi) is 11.8. The maximum atomic E-state index is 14.2. The van der Waals surface area contributed by atoms with Crippen molar-refractivity contribution in [3.05, 3.63) is 99.8 Å². The SMILES string of the molecule is CC[C@@H](C)NC(=O)[C@H](Cc1ccccc1)N(Cc1ccc(Cl)c(Cl)c1)C(=O)CN(c1ccc(F)cc1)S(=O)(=O)N(C)C. The van der Waals surface area contributed by atoms with Gasteiger partial charge in [-0.25, -0.2) is 8.70 Å². The van der Waals surface area contributed by atoms with Gasteiger partial charge in [0.15, 0.2) is 0 Å². The van der Waals surface area contributed by atoms with Gasteiger partial charge >= 0.3 is 10.2 Å². The lowest BCUT2D eigenvalue weighted by Crippen LogP contribution is -2.55. The fourth-order valence-electron chi connectivity index (χ4n) is 4.15. The van der Waals surface area contributed by atoms with Crippen LogP contribution in [0, 0.1) is 5.82 Å². The van der Waals surface area contributed by atoms with Crippen LogP contribution in [0.15, 0.2) is 72.8 Å². The summed E-state index contributed by atoms with van der Waals surface area (Å²) in [7, 11) is -1.52. The van der Waals surface area contributed by atoms with E-state index in [2.05, 4.69) is 5.32 Å². The molecule has 0 heterocycles. The Morgan fingerprint density at radius 2 is 1.57 bits per heavy atom. The molecule has 0 bridgehead atoms. The third-order valence-corrected chi connectivity index (χ3v) is 9.30. The highest BCUT2D eigenvalue weighted by atomic mass is 35.5. The summed E-state index contributed by atoms with van der Waals surface area (Å²) in [5.41, 5.74) is 1.50. The Hall–Kier alpha value is -3.18. The van der Waals surface area contributed by atoms with Gasteiger partial charge in [-0.15, -0.1) is 0 Å². The number of anilines is 1. The maximum absolute atomic E-state index is 14.2. The van der Waals surface area contributed by atoms with Crippen molar-refractivity contribution >= 4 is 50.9 Å². The van der Waals surface area contributed by atoms with E-state index in [0.717, 1.165) is 26.3 Å². The minimum atomic E-state index is -4.19. The first-order valence-electron chi connectivity index (χ1n) is 13.4. The molecule has 3 rings (SSSR count). The van der Waals surface area contributed by atoms with Crippen LogP contribution < -0.4 is 9.62 Å². The third-order valence-electron chi connectivity index (χ3n) is 6.74. The van der Waals surface area contributed by atoms with Crippen LogP contribution >= 0.6 is 23.2 Å². The molecule has 8 nitrogen and oxygen atoms in total. The second kappa shape index (κ2) is 14.8. The molecule has 1 N–H and O–H groups in total. The lowest BCUT2D eigenvalue weighted by atomic mass is 10.0. The molecule has 0 aromatic heterocycles. The van der Waals surface area contributed by atoms with E-state index in [1.807, 2.05) is 44.2 Å². The first-order valence-corrected chi connectivity index (χ1v) is 15.5. The summed E-state index contributed by atoms with van der Waals surface area (Å²) in [5, 5.41) is 3.57. The summed E-state index contributed by atoms with van der Waals surface area (Å²) in [4.78, 5) is 29.3. The molecule has 0 aliphatic heterocycles. The molecule has 0 fully saturated rings. The van der Waals surface area contributed by atoms with Gasteiger partial charge in [-0.1, -0.05) is 66.5 Å². The van der Waals surface area contributed by atoms with E-state index in [-0.39, 0.29) is 35.6 Å². The number of hydrogen-bond donors (Lipinski definition) is 1. The molecular weight excluding hydrogens is 602 g/mol. The van der Waals surface area contributed by atoms with E-state index in [1.165, 1.54) is 31.1 Å². The molecule has 2 atom stereocenters. The molecule has 0 saturated heterocycles. The molecule has 226 valence electrons. The highest BCUT2D eigenvalue weighted by Gasteiger charge is 2.35. The molecule has 3 aromatic rings. The first kappa shape index (κ1) is 33.3. The van der Waals surface area contributed by atoms with Crippen molar-refractivity contribution in [3.63, 3.8) is 0 Å². The maximum Gasteiger partial charge on any atom is 0.304 e. The molecule has 0 saturated carbocycles. The average molecular weight is 638 g/mol. The van der Waals surface area contributed by atoms with Crippen molar-refractivity contribution in [1.29, 1.82) is 0 Å². The summed E-state index contributed by atoms with van der Waals surface area (Å²) in [6, 6.07) is 17.7. The summed E-state index contributed by atoms with van der Waals surface area (Å²) >= 11 is 12.4. The molecule has 42 heavy (non-hydrogen) atoms. The predicted octanol–water partition coefficient (Wildman–Crippen LogP) is 5.30. The van der Waals surface area contributed by atoms with E-state index < -0.39 is 34.5 Å². The molecule has 3 aromatic carbocycles. The van der Waals surface area contributed by atoms with Crippen molar-refractivity contribution in [2.45, 2.75) is 45.3 Å². The standard InChI is InChI=1S/C30H35Cl2FN4O4S/c1-5-21(2)34-30(39)28(18-22-9-7-6-8-10-22)36(19-23-11-16-26(31)27(32)17-23)29(38)20-37(42(40,41)35(3)4)25-14-12-24(33)13-15-25/h6-17,21,28H,5,18-20H2,1-4H3,(H,34,39)/t21-,28+/m1/s1. The van der Waals surface area contributed by atoms with Crippen LogP contribution in [0.4, 0.5) is 10.1 Å². The number of carbonyl (C=O) groups is 2. The van der Waals surface area contributed by atoms with E-state index in [9.17, 15) is 22.4 Å². The van der Waals surface area contributed by atoms with Crippen molar-refractivity contribution in [1.82, 2.24) is 14.5 Å². The van der Waals surface area contributed by atoms with Crippen molar-refractivity contribution < 1.29 is 22.4 Å².